The number of piperazine rings is 1. The summed E-state index contributed by atoms with van der Waals surface area (Å²) in [6.07, 6.45) is -0.475. The highest BCUT2D eigenvalue weighted by Gasteiger charge is 2.32. The van der Waals surface area contributed by atoms with Crippen molar-refractivity contribution in [1.29, 1.82) is 0 Å². The highest BCUT2D eigenvalue weighted by Crippen LogP contribution is 2.22. The lowest BCUT2D eigenvalue weighted by Crippen LogP contribution is -2.56. The van der Waals surface area contributed by atoms with Crippen molar-refractivity contribution in [3.05, 3.63) is 78.0 Å². The zero-order chi connectivity index (χ0) is 31.9. The molecule has 1 aliphatic rings. The lowest BCUT2D eigenvalue weighted by Gasteiger charge is -2.36. The average molecular weight is 604 g/mol. The number of carbonyl (C=O) groups excluding carboxylic acids is 4. The van der Waals surface area contributed by atoms with Gasteiger partial charge in [0.15, 0.2) is 11.5 Å². The van der Waals surface area contributed by atoms with E-state index < -0.39 is 29.2 Å². The van der Waals surface area contributed by atoms with Crippen molar-refractivity contribution in [1.82, 2.24) is 24.9 Å². The van der Waals surface area contributed by atoms with Crippen LogP contribution < -0.4 is 10.1 Å². The molecule has 3 aromatic rings. The Morgan fingerprint density at radius 3 is 2.09 bits per heavy atom. The summed E-state index contributed by atoms with van der Waals surface area (Å²) < 4.78 is 7.18. The summed E-state index contributed by atoms with van der Waals surface area (Å²) in [6, 6.07) is 18.0. The fourth-order valence-electron chi connectivity index (χ4n) is 4.56. The highest BCUT2D eigenvalue weighted by molar-refractivity contribution is 5.97. The number of aliphatic carboxylic acids is 1. The average Bonchev–Trinajstić information content (AvgIpc) is 3.46. The predicted molar refractivity (Wildman–Crippen MR) is 161 cm³/mol. The van der Waals surface area contributed by atoms with Crippen molar-refractivity contribution >= 4 is 29.5 Å². The van der Waals surface area contributed by atoms with Crippen LogP contribution >= 0.6 is 0 Å². The van der Waals surface area contributed by atoms with Crippen LogP contribution in [0.15, 0.2) is 66.7 Å². The molecule has 0 radical (unpaired) electrons. The summed E-state index contributed by atoms with van der Waals surface area (Å²) in [6.45, 7) is 6.17. The second-order valence-corrected chi connectivity index (χ2v) is 11.5. The molecule has 1 atom stereocenters. The summed E-state index contributed by atoms with van der Waals surface area (Å²) in [5.41, 5.74) is 0.445. The van der Waals surface area contributed by atoms with Crippen molar-refractivity contribution in [2.45, 2.75) is 39.7 Å². The third-order valence-corrected chi connectivity index (χ3v) is 7.25. The van der Waals surface area contributed by atoms with Crippen LogP contribution in [0.4, 0.5) is 0 Å². The van der Waals surface area contributed by atoms with E-state index in [1.54, 1.807) is 74.2 Å². The third kappa shape index (κ3) is 8.09. The van der Waals surface area contributed by atoms with Crippen LogP contribution in [0.5, 0.6) is 5.88 Å². The van der Waals surface area contributed by atoms with Gasteiger partial charge in [0.05, 0.1) is 5.69 Å². The van der Waals surface area contributed by atoms with Gasteiger partial charge in [-0.05, 0) is 30.7 Å². The monoisotopic (exact) mass is 603 g/mol. The maximum atomic E-state index is 13.5. The van der Waals surface area contributed by atoms with E-state index in [4.69, 9.17) is 4.74 Å². The first-order valence-corrected chi connectivity index (χ1v) is 14.4. The van der Waals surface area contributed by atoms with Crippen molar-refractivity contribution in [2.24, 2.45) is 5.41 Å². The fraction of sp³-hybridized carbons (Fsp3) is 0.375. The molecule has 1 aliphatic heterocycles. The molecular weight excluding hydrogens is 566 g/mol. The molecule has 0 spiro atoms. The van der Waals surface area contributed by atoms with Gasteiger partial charge in [-0.2, -0.15) is 5.10 Å². The van der Waals surface area contributed by atoms with Crippen LogP contribution in [0.25, 0.3) is 5.69 Å². The molecule has 12 nitrogen and oxygen atoms in total. The zero-order valence-electron chi connectivity index (χ0n) is 25.1. The lowest BCUT2D eigenvalue weighted by atomic mass is 9.91. The number of para-hydroxylation sites is 1. The van der Waals surface area contributed by atoms with Gasteiger partial charge in [0.2, 0.25) is 11.8 Å². The lowest BCUT2D eigenvalue weighted by molar-refractivity contribution is -0.138. The van der Waals surface area contributed by atoms with Gasteiger partial charge in [0, 0.05) is 49.6 Å². The molecule has 0 unspecified atom stereocenters. The van der Waals surface area contributed by atoms with Crippen molar-refractivity contribution < 1.29 is 33.8 Å². The largest absolute Gasteiger partial charge is 0.481 e. The Labute approximate surface area is 255 Å². The number of carboxylic acid groups (broad SMARTS) is 1. The summed E-state index contributed by atoms with van der Waals surface area (Å²) in [4.78, 5) is 66.8. The zero-order valence-corrected chi connectivity index (χ0v) is 25.1. The Bertz CT molecular complexity index is 1490. The molecule has 1 aromatic heterocycles. The fourth-order valence-corrected chi connectivity index (χ4v) is 4.56. The molecule has 1 fully saturated rings. The predicted octanol–water partition coefficient (Wildman–Crippen LogP) is 2.81. The van der Waals surface area contributed by atoms with Crippen LogP contribution in [-0.2, 0) is 14.4 Å². The second-order valence-electron chi connectivity index (χ2n) is 11.5. The number of nitrogens with zero attached hydrogens (tertiary/aromatic N) is 4. The Morgan fingerprint density at radius 1 is 0.909 bits per heavy atom. The molecule has 232 valence electrons. The van der Waals surface area contributed by atoms with E-state index in [9.17, 15) is 29.1 Å². The van der Waals surface area contributed by atoms with Gasteiger partial charge in [0.1, 0.15) is 12.6 Å². The molecule has 0 aliphatic carbocycles. The van der Waals surface area contributed by atoms with Crippen LogP contribution in [0.2, 0.25) is 0 Å². The Balaban J connectivity index is 1.48. The number of ether oxygens (including phenoxy) is 1. The number of benzene rings is 2. The topological polar surface area (TPSA) is 151 Å². The number of carbonyl (C=O) groups is 5. The van der Waals surface area contributed by atoms with E-state index in [0.29, 0.717) is 24.3 Å². The normalized spacial score (nSPS) is 14.1. The molecule has 44 heavy (non-hydrogen) atoms. The van der Waals surface area contributed by atoms with E-state index in [1.807, 2.05) is 12.1 Å². The summed E-state index contributed by atoms with van der Waals surface area (Å²) in [5, 5.41) is 16.3. The van der Waals surface area contributed by atoms with Crippen molar-refractivity contribution in [3.63, 3.8) is 0 Å². The minimum atomic E-state index is -1.14. The maximum absolute atomic E-state index is 13.5. The van der Waals surface area contributed by atoms with E-state index >= 15 is 0 Å². The molecule has 4 rings (SSSR count). The van der Waals surface area contributed by atoms with Crippen LogP contribution in [0, 0.1) is 5.41 Å². The van der Waals surface area contributed by atoms with Gasteiger partial charge in [-0.1, -0.05) is 57.2 Å². The van der Waals surface area contributed by atoms with E-state index in [1.165, 1.54) is 15.6 Å². The molecule has 2 heterocycles. The Kier molecular flexibility index (Phi) is 10.1. The first-order valence-electron chi connectivity index (χ1n) is 14.4. The molecule has 2 aromatic carbocycles. The minimum Gasteiger partial charge on any atom is -0.481 e. The number of nitrogens with one attached hydrogen (secondary N) is 1. The number of hydrogen-bond donors (Lipinski definition) is 2. The Hall–Kier alpha value is -5.00. The molecule has 0 saturated carbocycles. The quantitative estimate of drug-likeness (QED) is 0.340. The van der Waals surface area contributed by atoms with E-state index in [2.05, 4.69) is 10.4 Å². The van der Waals surface area contributed by atoms with Gasteiger partial charge >= 0.3 is 5.97 Å². The number of hydrogen-bond acceptors (Lipinski definition) is 7. The molecule has 3 amide bonds. The van der Waals surface area contributed by atoms with Crippen molar-refractivity contribution in [3.8, 4) is 11.6 Å². The van der Waals surface area contributed by atoms with Crippen LogP contribution in [-0.4, -0.2) is 93.0 Å². The molecule has 0 bridgehead atoms. The van der Waals surface area contributed by atoms with Crippen molar-refractivity contribution in [2.75, 3.05) is 32.8 Å². The van der Waals surface area contributed by atoms with E-state index in [0.717, 1.165) is 0 Å². The summed E-state index contributed by atoms with van der Waals surface area (Å²) in [5.74, 6) is -2.37. The highest BCUT2D eigenvalue weighted by atomic mass is 16.5. The number of aromatic nitrogens is 2. The number of carboxylic acids is 1. The first kappa shape index (κ1) is 31.9. The van der Waals surface area contributed by atoms with E-state index in [-0.39, 0.29) is 55.8 Å². The third-order valence-electron chi connectivity index (χ3n) is 7.25. The number of Topliss-reactive ketones (excluding diaryl/α,β-unsaturated/α-hetero) is 1. The second kappa shape index (κ2) is 14.0. The SMILES string of the molecule is CC(C)(C)C(=O)COc1cc(C(=O)N[C@@H](CCC(=O)O)C(=O)N2CCN(C(=O)c3ccccc3)CC2)nn1-c1ccccc1. The number of rotatable bonds is 11. The van der Waals surface area contributed by atoms with Gasteiger partial charge in [-0.25, -0.2) is 4.68 Å². The minimum absolute atomic E-state index is 0.0709. The van der Waals surface area contributed by atoms with Gasteiger partial charge < -0.3 is 25.0 Å². The van der Waals surface area contributed by atoms with Crippen LogP contribution in [0.3, 0.4) is 0 Å². The first-order chi connectivity index (χ1) is 20.9. The standard InChI is InChI=1S/C32H37N5O7/c1-32(2,3)26(38)21-44-27-20-25(34-37(27)23-12-8-5-9-13-23)29(41)33-24(14-15-28(39)40)31(43)36-18-16-35(17-19-36)30(42)22-10-6-4-7-11-22/h4-13,20,24H,14-19,21H2,1-3H3,(H,33,41)(H,39,40)/t24-/m0/s1. The summed E-state index contributed by atoms with van der Waals surface area (Å²) >= 11 is 0. The summed E-state index contributed by atoms with van der Waals surface area (Å²) in [7, 11) is 0. The van der Waals surface area contributed by atoms with Gasteiger partial charge in [0.25, 0.3) is 11.8 Å². The molecule has 2 N–H and O–H groups in total. The van der Waals surface area contributed by atoms with Gasteiger partial charge in [-0.3, -0.25) is 24.0 Å². The molecule has 12 heteroatoms. The maximum Gasteiger partial charge on any atom is 0.303 e. The van der Waals surface area contributed by atoms with Gasteiger partial charge in [-0.15, -0.1) is 0 Å². The Morgan fingerprint density at radius 2 is 1.50 bits per heavy atom. The smallest absolute Gasteiger partial charge is 0.303 e. The molecular formula is C32H37N5O7. The number of ketones is 1. The van der Waals surface area contributed by atoms with Crippen LogP contribution in [0.1, 0.15) is 54.5 Å². The molecule has 1 saturated heterocycles. The number of amides is 3.